The quantitative estimate of drug-likeness (QED) is 0.360. The van der Waals surface area contributed by atoms with E-state index in [9.17, 15) is 4.79 Å². The molecule has 0 unspecified atom stereocenters. The molecule has 1 fully saturated rings. The molecule has 1 saturated carbocycles. The highest BCUT2D eigenvalue weighted by molar-refractivity contribution is 6.30. The number of amides is 1. The van der Waals surface area contributed by atoms with Gasteiger partial charge in [0.15, 0.2) is 0 Å². The van der Waals surface area contributed by atoms with E-state index in [0.29, 0.717) is 11.8 Å². The summed E-state index contributed by atoms with van der Waals surface area (Å²) in [5.74, 6) is 0.931. The zero-order valence-corrected chi connectivity index (χ0v) is 20.9. The molecule has 2 N–H and O–H groups in total. The van der Waals surface area contributed by atoms with Gasteiger partial charge in [0, 0.05) is 22.8 Å². The van der Waals surface area contributed by atoms with Gasteiger partial charge in [0.2, 0.25) is 5.91 Å². The van der Waals surface area contributed by atoms with Gasteiger partial charge in [0.25, 0.3) is 0 Å². The fourth-order valence-corrected chi connectivity index (χ4v) is 5.35. The van der Waals surface area contributed by atoms with Crippen molar-refractivity contribution in [3.05, 3.63) is 101 Å². The van der Waals surface area contributed by atoms with E-state index in [-0.39, 0.29) is 17.4 Å². The lowest BCUT2D eigenvalue weighted by molar-refractivity contribution is -0.121. The zero-order chi connectivity index (χ0) is 24.0. The lowest BCUT2D eigenvalue weighted by Gasteiger charge is -2.40. The fourth-order valence-electron chi connectivity index (χ4n) is 5.23. The molecule has 1 aliphatic carbocycles. The summed E-state index contributed by atoms with van der Waals surface area (Å²) in [5.41, 5.74) is 3.18. The second-order valence-electron chi connectivity index (χ2n) is 10.1. The molecule has 4 heteroatoms. The molecule has 0 radical (unpaired) electrons. The highest BCUT2D eigenvalue weighted by Gasteiger charge is 2.33. The Morgan fingerprint density at radius 3 is 1.91 bits per heavy atom. The van der Waals surface area contributed by atoms with Crippen molar-refractivity contribution in [3.63, 3.8) is 0 Å². The van der Waals surface area contributed by atoms with Crippen molar-refractivity contribution in [2.75, 3.05) is 11.9 Å². The Bertz CT molecular complexity index is 1000. The molecule has 3 nitrogen and oxygen atoms in total. The van der Waals surface area contributed by atoms with E-state index in [1.807, 2.05) is 84.9 Å². The molecule has 0 bridgehead atoms. The average molecular weight is 475 g/mol. The Labute approximate surface area is 208 Å². The largest absolute Gasteiger partial charge is 0.380 e. The number of halogens is 1. The molecule has 1 amide bonds. The highest BCUT2D eigenvalue weighted by atomic mass is 35.5. The molecule has 0 aliphatic heterocycles. The third-order valence-corrected chi connectivity index (χ3v) is 7.52. The first-order valence-electron chi connectivity index (χ1n) is 12.3. The number of anilines is 1. The lowest BCUT2D eigenvalue weighted by atomic mass is 9.73. The van der Waals surface area contributed by atoms with E-state index < -0.39 is 0 Å². The smallest absolute Gasteiger partial charge is 0.232 e. The standard InChI is InChI=1S/C30H35ClN2O/c1-30(2,33-27-19-17-26(31)18-20-27)25-15-13-22(14-16-25)21-32-29(34)28(23-9-5-3-6-10-23)24-11-7-4-8-12-24/h3-12,17-20,22,25,28,33H,13-16,21H2,1-2H3,(H,32,34). The molecule has 0 aromatic heterocycles. The Morgan fingerprint density at radius 1 is 0.853 bits per heavy atom. The summed E-state index contributed by atoms with van der Waals surface area (Å²) in [7, 11) is 0. The maximum atomic E-state index is 13.3. The van der Waals surface area contributed by atoms with Crippen LogP contribution < -0.4 is 10.6 Å². The fraction of sp³-hybridized carbons (Fsp3) is 0.367. The third kappa shape index (κ3) is 6.21. The molecule has 3 aromatic rings. The molecule has 0 saturated heterocycles. The second kappa shape index (κ2) is 11.1. The minimum Gasteiger partial charge on any atom is -0.380 e. The number of benzene rings is 3. The van der Waals surface area contributed by atoms with Crippen LogP contribution in [0.2, 0.25) is 5.02 Å². The van der Waals surface area contributed by atoms with E-state index in [0.717, 1.165) is 54.1 Å². The SMILES string of the molecule is CC(C)(Nc1ccc(Cl)cc1)C1CCC(CNC(=O)C(c2ccccc2)c2ccccc2)CC1. The summed E-state index contributed by atoms with van der Waals surface area (Å²) in [4.78, 5) is 13.3. The predicted molar refractivity (Wildman–Crippen MR) is 142 cm³/mol. The molecular formula is C30H35ClN2O. The van der Waals surface area contributed by atoms with Crippen molar-refractivity contribution in [2.24, 2.45) is 11.8 Å². The minimum absolute atomic E-state index is 0.00770. The van der Waals surface area contributed by atoms with E-state index in [1.54, 1.807) is 0 Å². The zero-order valence-electron chi connectivity index (χ0n) is 20.1. The van der Waals surface area contributed by atoms with Gasteiger partial charge in [-0.2, -0.15) is 0 Å². The van der Waals surface area contributed by atoms with Crippen molar-refractivity contribution < 1.29 is 4.79 Å². The first-order valence-corrected chi connectivity index (χ1v) is 12.7. The maximum Gasteiger partial charge on any atom is 0.232 e. The number of carbonyl (C=O) groups excluding carboxylic acids is 1. The van der Waals surface area contributed by atoms with Crippen molar-refractivity contribution in [2.45, 2.75) is 51.0 Å². The van der Waals surface area contributed by atoms with Crippen LogP contribution in [0, 0.1) is 11.8 Å². The Morgan fingerprint density at radius 2 is 1.38 bits per heavy atom. The molecule has 3 aromatic carbocycles. The number of rotatable bonds is 8. The predicted octanol–water partition coefficient (Wildman–Crippen LogP) is 7.29. The molecule has 178 valence electrons. The highest BCUT2D eigenvalue weighted by Crippen LogP contribution is 2.37. The van der Waals surface area contributed by atoms with Crippen LogP contribution >= 0.6 is 11.6 Å². The topological polar surface area (TPSA) is 41.1 Å². The van der Waals surface area contributed by atoms with Gasteiger partial charge in [-0.3, -0.25) is 4.79 Å². The average Bonchev–Trinajstić information content (AvgIpc) is 2.86. The molecule has 34 heavy (non-hydrogen) atoms. The number of nitrogens with one attached hydrogen (secondary N) is 2. The van der Waals surface area contributed by atoms with E-state index >= 15 is 0 Å². The van der Waals surface area contributed by atoms with Crippen molar-refractivity contribution in [1.82, 2.24) is 5.32 Å². The second-order valence-corrected chi connectivity index (χ2v) is 10.5. The number of hydrogen-bond acceptors (Lipinski definition) is 2. The number of carbonyl (C=O) groups is 1. The van der Waals surface area contributed by atoms with Crippen molar-refractivity contribution in [3.8, 4) is 0 Å². The first-order chi connectivity index (χ1) is 16.4. The van der Waals surface area contributed by atoms with Gasteiger partial charge >= 0.3 is 0 Å². The molecule has 4 rings (SSSR count). The Kier molecular flexibility index (Phi) is 7.95. The molecule has 0 heterocycles. The summed E-state index contributed by atoms with van der Waals surface area (Å²) in [5, 5.41) is 7.74. The molecule has 0 spiro atoms. The van der Waals surface area contributed by atoms with Gasteiger partial charge in [-0.15, -0.1) is 0 Å². The Hall–Kier alpha value is -2.78. The molecule has 1 aliphatic rings. The number of hydrogen-bond donors (Lipinski definition) is 2. The van der Waals surface area contributed by atoms with Gasteiger partial charge in [-0.05, 0) is 86.8 Å². The van der Waals surface area contributed by atoms with E-state index in [1.165, 1.54) is 0 Å². The van der Waals surface area contributed by atoms with Crippen LogP contribution in [0.25, 0.3) is 0 Å². The van der Waals surface area contributed by atoms with Crippen molar-refractivity contribution in [1.29, 1.82) is 0 Å². The first kappa shape index (κ1) is 24.3. The van der Waals surface area contributed by atoms with Crippen LogP contribution in [-0.2, 0) is 4.79 Å². The third-order valence-electron chi connectivity index (χ3n) is 7.27. The minimum atomic E-state index is -0.277. The van der Waals surface area contributed by atoms with Crippen LogP contribution in [-0.4, -0.2) is 18.0 Å². The van der Waals surface area contributed by atoms with E-state index in [4.69, 9.17) is 11.6 Å². The van der Waals surface area contributed by atoms with Crippen LogP contribution in [0.1, 0.15) is 56.6 Å². The van der Waals surface area contributed by atoms with Gasteiger partial charge < -0.3 is 10.6 Å². The monoisotopic (exact) mass is 474 g/mol. The maximum absolute atomic E-state index is 13.3. The van der Waals surface area contributed by atoms with Gasteiger partial charge in [-0.25, -0.2) is 0 Å². The van der Waals surface area contributed by atoms with Crippen LogP contribution in [0.15, 0.2) is 84.9 Å². The van der Waals surface area contributed by atoms with Crippen LogP contribution in [0.5, 0.6) is 0 Å². The Balaban J connectivity index is 1.32. The summed E-state index contributed by atoms with van der Waals surface area (Å²) < 4.78 is 0. The van der Waals surface area contributed by atoms with Crippen molar-refractivity contribution >= 4 is 23.2 Å². The van der Waals surface area contributed by atoms with Crippen LogP contribution in [0.4, 0.5) is 5.69 Å². The summed E-state index contributed by atoms with van der Waals surface area (Å²) in [6, 6.07) is 28.1. The van der Waals surface area contributed by atoms with Crippen LogP contribution in [0.3, 0.4) is 0 Å². The lowest BCUT2D eigenvalue weighted by Crippen LogP contribution is -2.42. The molecular weight excluding hydrogens is 440 g/mol. The van der Waals surface area contributed by atoms with Gasteiger partial charge in [0.1, 0.15) is 0 Å². The molecule has 0 atom stereocenters. The summed E-state index contributed by atoms with van der Waals surface area (Å²) in [6.45, 7) is 5.32. The van der Waals surface area contributed by atoms with E-state index in [2.05, 4.69) is 24.5 Å². The normalized spacial score (nSPS) is 18.5. The van der Waals surface area contributed by atoms with Gasteiger partial charge in [0.05, 0.1) is 5.92 Å². The van der Waals surface area contributed by atoms with Gasteiger partial charge in [-0.1, -0.05) is 72.3 Å². The summed E-state index contributed by atoms with van der Waals surface area (Å²) in [6.07, 6.45) is 4.60. The summed E-state index contributed by atoms with van der Waals surface area (Å²) >= 11 is 6.03.